The van der Waals surface area contributed by atoms with Crippen LogP contribution in [0, 0.1) is 6.92 Å². The molecule has 0 aliphatic heterocycles. The van der Waals surface area contributed by atoms with Crippen molar-refractivity contribution in [2.24, 2.45) is 0 Å². The highest BCUT2D eigenvalue weighted by atomic mass is 79.9. The van der Waals surface area contributed by atoms with Gasteiger partial charge in [-0.1, -0.05) is 27.5 Å². The molecule has 0 bridgehead atoms. The van der Waals surface area contributed by atoms with Gasteiger partial charge in [0.2, 0.25) is 0 Å². The summed E-state index contributed by atoms with van der Waals surface area (Å²) in [7, 11) is 0. The average molecular weight is 432 g/mol. The zero-order valence-corrected chi connectivity index (χ0v) is 16.8. The van der Waals surface area contributed by atoms with E-state index < -0.39 is 0 Å². The van der Waals surface area contributed by atoms with E-state index in [4.69, 9.17) is 21.3 Å². The van der Waals surface area contributed by atoms with Crippen LogP contribution in [-0.4, -0.2) is 25.7 Å². The van der Waals surface area contributed by atoms with E-state index in [2.05, 4.69) is 26.1 Å². The molecule has 0 unspecified atom stereocenters. The fourth-order valence-electron chi connectivity index (χ4n) is 3.02. The number of benzene rings is 2. The molecule has 0 N–H and O–H groups in total. The smallest absolute Gasteiger partial charge is 0.182 e. The summed E-state index contributed by atoms with van der Waals surface area (Å²) >= 11 is 10.1. The van der Waals surface area contributed by atoms with Crippen molar-refractivity contribution in [3.63, 3.8) is 0 Å². The third-order valence-corrected chi connectivity index (χ3v) is 4.85. The molecule has 0 amide bonds. The molecule has 2 heterocycles. The first-order valence-corrected chi connectivity index (χ1v) is 9.37. The number of hydrogen-bond donors (Lipinski definition) is 0. The topological polar surface area (TPSA) is 52.3 Å². The van der Waals surface area contributed by atoms with Crippen LogP contribution in [0.15, 0.2) is 41.1 Å². The Hall–Kier alpha value is -2.18. The van der Waals surface area contributed by atoms with Crippen molar-refractivity contribution < 1.29 is 4.74 Å². The maximum atomic E-state index is 6.53. The standard InChI is InChI=1S/C19H16BrClN4O/c1-10(2)26-13-4-5-16(21)14(8-13)15-6-12(20)7-17-18(15)23-11(3)19-24-22-9-25(17)19/h4-10H,1-3H3. The van der Waals surface area contributed by atoms with Gasteiger partial charge >= 0.3 is 0 Å². The molecule has 26 heavy (non-hydrogen) atoms. The van der Waals surface area contributed by atoms with Gasteiger partial charge in [0.1, 0.15) is 12.1 Å². The van der Waals surface area contributed by atoms with E-state index in [1.165, 1.54) is 0 Å². The van der Waals surface area contributed by atoms with Gasteiger partial charge in [-0.25, -0.2) is 4.98 Å². The number of hydrogen-bond acceptors (Lipinski definition) is 4. The van der Waals surface area contributed by atoms with Gasteiger partial charge in [0.05, 0.1) is 22.8 Å². The van der Waals surface area contributed by atoms with Crippen molar-refractivity contribution in [1.29, 1.82) is 0 Å². The van der Waals surface area contributed by atoms with Crippen LogP contribution in [0.25, 0.3) is 27.8 Å². The SMILES string of the molecule is Cc1nc2c(-c3cc(OC(C)C)ccc3Cl)cc(Br)cc2n2cnnc12. The van der Waals surface area contributed by atoms with Gasteiger partial charge in [0, 0.05) is 20.6 Å². The number of ether oxygens (including phenoxy) is 1. The maximum Gasteiger partial charge on any atom is 0.182 e. The Kier molecular flexibility index (Phi) is 4.32. The molecule has 7 heteroatoms. The predicted octanol–water partition coefficient (Wildman–Crippen LogP) is 5.46. The number of aromatic nitrogens is 4. The molecule has 0 radical (unpaired) electrons. The Morgan fingerprint density at radius 2 is 1.96 bits per heavy atom. The molecule has 4 aromatic rings. The Morgan fingerprint density at radius 1 is 1.15 bits per heavy atom. The van der Waals surface area contributed by atoms with Crippen molar-refractivity contribution in [2.75, 3.05) is 0 Å². The Labute approximate surface area is 164 Å². The minimum atomic E-state index is 0.0836. The molecule has 2 aromatic carbocycles. The van der Waals surface area contributed by atoms with E-state index in [0.717, 1.165) is 43.7 Å². The number of nitrogens with zero attached hydrogens (tertiary/aromatic N) is 4. The van der Waals surface area contributed by atoms with Crippen LogP contribution in [0.1, 0.15) is 19.5 Å². The van der Waals surface area contributed by atoms with Crippen LogP contribution in [0.4, 0.5) is 0 Å². The van der Waals surface area contributed by atoms with Crippen LogP contribution >= 0.6 is 27.5 Å². The molecule has 5 nitrogen and oxygen atoms in total. The molecule has 0 atom stereocenters. The van der Waals surface area contributed by atoms with Gasteiger partial charge in [-0.3, -0.25) is 4.40 Å². The summed E-state index contributed by atoms with van der Waals surface area (Å²) in [5, 5.41) is 8.82. The van der Waals surface area contributed by atoms with E-state index in [-0.39, 0.29) is 6.10 Å². The van der Waals surface area contributed by atoms with Gasteiger partial charge in [0.15, 0.2) is 5.65 Å². The second kappa shape index (κ2) is 6.52. The fraction of sp³-hybridized carbons (Fsp3) is 0.211. The quantitative estimate of drug-likeness (QED) is 0.432. The number of halogens is 2. The average Bonchev–Trinajstić information content (AvgIpc) is 3.07. The molecular formula is C19H16BrClN4O. The van der Waals surface area contributed by atoms with Gasteiger partial charge in [-0.05, 0) is 51.1 Å². The van der Waals surface area contributed by atoms with Crippen LogP contribution in [-0.2, 0) is 0 Å². The summed E-state index contributed by atoms with van der Waals surface area (Å²) in [5.74, 6) is 0.773. The van der Waals surface area contributed by atoms with Crippen molar-refractivity contribution in [3.05, 3.63) is 51.8 Å². The van der Waals surface area contributed by atoms with Gasteiger partial charge in [-0.15, -0.1) is 10.2 Å². The Bertz CT molecular complexity index is 1140. The van der Waals surface area contributed by atoms with E-state index >= 15 is 0 Å². The van der Waals surface area contributed by atoms with E-state index in [1.54, 1.807) is 6.33 Å². The van der Waals surface area contributed by atoms with E-state index in [0.29, 0.717) is 5.02 Å². The first-order valence-electron chi connectivity index (χ1n) is 8.20. The molecule has 4 rings (SSSR count). The van der Waals surface area contributed by atoms with Crippen molar-refractivity contribution >= 4 is 44.2 Å². The first-order chi connectivity index (χ1) is 12.4. The third kappa shape index (κ3) is 2.93. The van der Waals surface area contributed by atoms with E-state index in [1.807, 2.05) is 55.5 Å². The summed E-state index contributed by atoms with van der Waals surface area (Å²) < 4.78 is 8.70. The Morgan fingerprint density at radius 3 is 2.73 bits per heavy atom. The minimum absolute atomic E-state index is 0.0836. The highest BCUT2D eigenvalue weighted by Gasteiger charge is 2.16. The lowest BCUT2D eigenvalue weighted by Crippen LogP contribution is -2.05. The molecule has 0 saturated heterocycles. The van der Waals surface area contributed by atoms with Crippen molar-refractivity contribution in [2.45, 2.75) is 26.9 Å². The van der Waals surface area contributed by atoms with Crippen LogP contribution < -0.4 is 4.74 Å². The van der Waals surface area contributed by atoms with Crippen LogP contribution in [0.2, 0.25) is 5.02 Å². The molecule has 0 saturated carbocycles. The normalized spacial score (nSPS) is 11.6. The monoisotopic (exact) mass is 430 g/mol. The molecule has 2 aromatic heterocycles. The molecular weight excluding hydrogens is 416 g/mol. The van der Waals surface area contributed by atoms with Crippen molar-refractivity contribution in [1.82, 2.24) is 19.6 Å². The third-order valence-electron chi connectivity index (χ3n) is 4.06. The lowest BCUT2D eigenvalue weighted by atomic mass is 10.0. The molecule has 0 aliphatic carbocycles. The summed E-state index contributed by atoms with van der Waals surface area (Å²) in [6.45, 7) is 5.92. The fourth-order valence-corrected chi connectivity index (χ4v) is 3.69. The summed E-state index contributed by atoms with van der Waals surface area (Å²) in [6.07, 6.45) is 1.78. The zero-order valence-electron chi connectivity index (χ0n) is 14.5. The van der Waals surface area contributed by atoms with Crippen LogP contribution in [0.3, 0.4) is 0 Å². The summed E-state index contributed by atoms with van der Waals surface area (Å²) in [4.78, 5) is 4.78. The highest BCUT2D eigenvalue weighted by molar-refractivity contribution is 9.10. The molecule has 0 spiro atoms. The summed E-state index contributed by atoms with van der Waals surface area (Å²) in [5.41, 5.74) is 5.09. The maximum absolute atomic E-state index is 6.53. The largest absolute Gasteiger partial charge is 0.491 e. The number of rotatable bonds is 3. The number of aryl methyl sites for hydroxylation is 1. The minimum Gasteiger partial charge on any atom is -0.491 e. The van der Waals surface area contributed by atoms with Gasteiger partial charge < -0.3 is 4.74 Å². The lowest BCUT2D eigenvalue weighted by Gasteiger charge is -2.14. The second-order valence-electron chi connectivity index (χ2n) is 6.35. The number of fused-ring (bicyclic) bond motifs is 3. The van der Waals surface area contributed by atoms with E-state index in [9.17, 15) is 0 Å². The predicted molar refractivity (Wildman–Crippen MR) is 107 cm³/mol. The van der Waals surface area contributed by atoms with Gasteiger partial charge in [0.25, 0.3) is 0 Å². The van der Waals surface area contributed by atoms with Crippen LogP contribution in [0.5, 0.6) is 5.75 Å². The molecule has 0 aliphatic rings. The molecule has 0 fully saturated rings. The first kappa shape index (κ1) is 17.2. The Balaban J connectivity index is 2.04. The van der Waals surface area contributed by atoms with Crippen molar-refractivity contribution in [3.8, 4) is 16.9 Å². The highest BCUT2D eigenvalue weighted by Crippen LogP contribution is 2.37. The zero-order chi connectivity index (χ0) is 18.4. The second-order valence-corrected chi connectivity index (χ2v) is 7.67. The molecule has 132 valence electrons. The summed E-state index contributed by atoms with van der Waals surface area (Å²) in [6, 6.07) is 9.71. The van der Waals surface area contributed by atoms with Gasteiger partial charge in [-0.2, -0.15) is 0 Å². The lowest BCUT2D eigenvalue weighted by molar-refractivity contribution is 0.242.